The zero-order valence-electron chi connectivity index (χ0n) is 30.9. The first-order chi connectivity index (χ1) is 27.1. The van der Waals surface area contributed by atoms with Crippen molar-refractivity contribution in [2.24, 2.45) is 0 Å². The number of para-hydroxylation sites is 2. The topological polar surface area (TPSA) is 7.65 Å². The molecule has 2 nitrogen and oxygen atoms in total. The highest BCUT2D eigenvalue weighted by Gasteiger charge is 2.29. The fraction of sp³-hybridized carbons (Fsp3) is 0.0566. The molecule has 0 aliphatic rings. The van der Waals surface area contributed by atoms with E-state index in [2.05, 4.69) is 211 Å². The molecule has 2 heteroatoms. The normalized spacial score (nSPS) is 12.5. The molecule has 0 radical (unpaired) electrons. The summed E-state index contributed by atoms with van der Waals surface area (Å²) < 4.78 is 2.58. The first-order valence-corrected chi connectivity index (χ1v) is 19.2. The molecule has 0 spiro atoms. The average Bonchev–Trinajstić information content (AvgIpc) is 3.73. The van der Waals surface area contributed by atoms with Crippen LogP contribution in [0.25, 0.3) is 59.6 Å². The highest BCUT2D eigenvalue weighted by Crippen LogP contribution is 2.51. The van der Waals surface area contributed by atoms with Crippen LogP contribution in [0.3, 0.4) is 0 Å². The maximum Gasteiger partial charge on any atom is 0.0640 e. The van der Waals surface area contributed by atoms with Gasteiger partial charge in [-0.05, 0) is 88.7 Å². The van der Waals surface area contributed by atoms with Gasteiger partial charge in [0, 0.05) is 44.2 Å². The van der Waals surface area contributed by atoms with Gasteiger partial charge in [0.25, 0.3) is 0 Å². The van der Waals surface area contributed by atoms with Crippen LogP contribution in [-0.2, 0) is 0 Å². The Balaban J connectivity index is 1.34. The SMILES string of the molecule is Cc1cccc(C(c2ccccc2)c2c3ccccc3cc3c2c2cccc4c5c(N(c6ccccc6)c6cccc(C)c6)c6ccccc6cc5n3c24)c1. The Kier molecular flexibility index (Phi) is 7.09. The summed E-state index contributed by atoms with van der Waals surface area (Å²) in [7, 11) is 0. The lowest BCUT2D eigenvalue weighted by Gasteiger charge is -2.28. The van der Waals surface area contributed by atoms with E-state index < -0.39 is 0 Å². The molecule has 9 aromatic carbocycles. The Hall–Kier alpha value is -6.90. The van der Waals surface area contributed by atoms with Crippen LogP contribution >= 0.6 is 0 Å². The van der Waals surface area contributed by atoms with Gasteiger partial charge < -0.3 is 9.30 Å². The van der Waals surface area contributed by atoms with Gasteiger partial charge in [-0.3, -0.25) is 0 Å². The Morgan fingerprint density at radius 2 is 0.945 bits per heavy atom. The quantitative estimate of drug-likeness (QED) is 0.157. The largest absolute Gasteiger partial charge is 0.309 e. The standard InChI is InChI=1S/C53H38N2/c1-34-16-13-22-39(30-34)48(36-18-5-3-6-19-36)51-42-26-11-9-20-37(42)32-46-49(51)44-28-15-29-45-50-47(55(46)52(44)45)33-38-21-10-12-27-43(38)53(50)54(40-23-7-4-8-24-40)41-25-14-17-35(2)31-41/h3-33,48H,1-2H3. The van der Waals surface area contributed by atoms with E-state index in [-0.39, 0.29) is 5.92 Å². The van der Waals surface area contributed by atoms with Crippen molar-refractivity contribution in [1.29, 1.82) is 0 Å². The fourth-order valence-corrected chi connectivity index (χ4v) is 9.44. The monoisotopic (exact) mass is 702 g/mol. The summed E-state index contributed by atoms with van der Waals surface area (Å²) in [4.78, 5) is 2.48. The van der Waals surface area contributed by atoms with E-state index in [0.717, 1.165) is 11.4 Å². The molecule has 11 aromatic rings. The molecule has 55 heavy (non-hydrogen) atoms. The number of anilines is 3. The number of nitrogens with zero attached hydrogens (tertiary/aromatic N) is 2. The average molecular weight is 703 g/mol. The van der Waals surface area contributed by atoms with Gasteiger partial charge in [-0.2, -0.15) is 0 Å². The maximum absolute atomic E-state index is 2.58. The van der Waals surface area contributed by atoms with Crippen molar-refractivity contribution in [3.63, 3.8) is 0 Å². The molecule has 0 aliphatic carbocycles. The molecule has 0 aliphatic heterocycles. The maximum atomic E-state index is 2.58. The van der Waals surface area contributed by atoms with Gasteiger partial charge in [0.15, 0.2) is 0 Å². The molecule has 0 saturated heterocycles. The van der Waals surface area contributed by atoms with Gasteiger partial charge in [-0.15, -0.1) is 0 Å². The number of aromatic nitrogens is 1. The third-order valence-electron chi connectivity index (χ3n) is 11.6. The summed E-state index contributed by atoms with van der Waals surface area (Å²) in [5, 5.41) is 10.1. The predicted molar refractivity (Wildman–Crippen MR) is 234 cm³/mol. The van der Waals surface area contributed by atoms with Crippen LogP contribution in [0, 0.1) is 13.8 Å². The van der Waals surface area contributed by atoms with E-state index in [4.69, 9.17) is 0 Å². The van der Waals surface area contributed by atoms with Crippen LogP contribution < -0.4 is 4.90 Å². The van der Waals surface area contributed by atoms with Crippen molar-refractivity contribution in [2.75, 3.05) is 4.90 Å². The lowest BCUT2D eigenvalue weighted by Crippen LogP contribution is -2.11. The second kappa shape index (κ2) is 12.3. The fourth-order valence-electron chi connectivity index (χ4n) is 9.44. The summed E-state index contributed by atoms with van der Waals surface area (Å²) in [6, 6.07) is 69.7. The van der Waals surface area contributed by atoms with Gasteiger partial charge in [-0.25, -0.2) is 0 Å². The predicted octanol–water partition coefficient (Wildman–Crippen LogP) is 14.4. The number of hydrogen-bond donors (Lipinski definition) is 0. The van der Waals surface area contributed by atoms with E-state index in [1.165, 1.54) is 93.1 Å². The van der Waals surface area contributed by atoms with Crippen molar-refractivity contribution in [3.8, 4) is 0 Å². The van der Waals surface area contributed by atoms with Crippen molar-refractivity contribution < 1.29 is 0 Å². The lowest BCUT2D eigenvalue weighted by atomic mass is 9.80. The second-order valence-electron chi connectivity index (χ2n) is 15.1. The third-order valence-corrected chi connectivity index (χ3v) is 11.6. The number of aryl methyl sites for hydroxylation is 2. The minimum atomic E-state index is 0.0401. The van der Waals surface area contributed by atoms with Crippen molar-refractivity contribution in [1.82, 2.24) is 4.40 Å². The zero-order valence-corrected chi connectivity index (χ0v) is 30.9. The minimum Gasteiger partial charge on any atom is -0.309 e. The summed E-state index contributed by atoms with van der Waals surface area (Å²) in [6.45, 7) is 4.38. The molecular weight excluding hydrogens is 665 g/mol. The second-order valence-corrected chi connectivity index (χ2v) is 15.1. The summed E-state index contributed by atoms with van der Waals surface area (Å²) in [6.07, 6.45) is 0. The molecule has 0 N–H and O–H groups in total. The van der Waals surface area contributed by atoms with Crippen LogP contribution in [0.2, 0.25) is 0 Å². The first-order valence-electron chi connectivity index (χ1n) is 19.2. The molecule has 1 unspecified atom stereocenters. The highest BCUT2D eigenvalue weighted by atomic mass is 15.1. The van der Waals surface area contributed by atoms with E-state index in [0.29, 0.717) is 0 Å². The van der Waals surface area contributed by atoms with Crippen molar-refractivity contribution >= 4 is 76.7 Å². The van der Waals surface area contributed by atoms with Crippen LogP contribution in [0.15, 0.2) is 188 Å². The molecule has 0 fully saturated rings. The van der Waals surface area contributed by atoms with Crippen molar-refractivity contribution in [3.05, 3.63) is 216 Å². The van der Waals surface area contributed by atoms with Gasteiger partial charge in [0.1, 0.15) is 0 Å². The van der Waals surface area contributed by atoms with E-state index in [9.17, 15) is 0 Å². The Labute approximate surface area is 320 Å². The van der Waals surface area contributed by atoms with Crippen LogP contribution in [0.5, 0.6) is 0 Å². The van der Waals surface area contributed by atoms with Gasteiger partial charge in [0.2, 0.25) is 0 Å². The highest BCUT2D eigenvalue weighted by molar-refractivity contribution is 6.31. The molecular formula is C53H38N2. The molecule has 0 saturated carbocycles. The van der Waals surface area contributed by atoms with Crippen LogP contribution in [0.4, 0.5) is 17.1 Å². The van der Waals surface area contributed by atoms with E-state index in [1.54, 1.807) is 0 Å². The zero-order chi connectivity index (χ0) is 36.6. The first kappa shape index (κ1) is 31.6. The Morgan fingerprint density at radius 3 is 1.67 bits per heavy atom. The van der Waals surface area contributed by atoms with Gasteiger partial charge >= 0.3 is 0 Å². The number of hydrogen-bond acceptors (Lipinski definition) is 1. The van der Waals surface area contributed by atoms with E-state index in [1.807, 2.05) is 0 Å². The number of rotatable bonds is 6. The number of fused-ring (bicyclic) bond motifs is 8. The molecule has 2 aromatic heterocycles. The van der Waals surface area contributed by atoms with Crippen LogP contribution in [0.1, 0.15) is 33.7 Å². The van der Waals surface area contributed by atoms with Crippen molar-refractivity contribution in [2.45, 2.75) is 19.8 Å². The molecule has 1 atom stereocenters. The number of benzene rings is 9. The lowest BCUT2D eigenvalue weighted by molar-refractivity contribution is 0.997. The Bertz CT molecular complexity index is 3020. The summed E-state index contributed by atoms with van der Waals surface area (Å²) in [5.74, 6) is 0.0401. The van der Waals surface area contributed by atoms with E-state index >= 15 is 0 Å². The van der Waals surface area contributed by atoms with Gasteiger partial charge in [0.05, 0.1) is 22.2 Å². The van der Waals surface area contributed by atoms with Gasteiger partial charge in [-0.1, -0.05) is 157 Å². The minimum absolute atomic E-state index is 0.0401. The molecule has 260 valence electrons. The summed E-state index contributed by atoms with van der Waals surface area (Å²) in [5.41, 5.74) is 13.7. The third kappa shape index (κ3) is 4.81. The molecule has 2 heterocycles. The molecule has 0 amide bonds. The molecule has 0 bridgehead atoms. The van der Waals surface area contributed by atoms with Crippen LogP contribution in [-0.4, -0.2) is 4.40 Å². The Morgan fingerprint density at radius 1 is 0.418 bits per heavy atom. The smallest absolute Gasteiger partial charge is 0.0640 e. The molecule has 11 rings (SSSR count). The summed E-state index contributed by atoms with van der Waals surface area (Å²) >= 11 is 0.